The fourth-order valence-electron chi connectivity index (χ4n) is 7.88. The number of nitriles is 1. The Morgan fingerprint density at radius 3 is 1.66 bits per heavy atom. The highest BCUT2D eigenvalue weighted by Gasteiger charge is 2.18. The van der Waals surface area contributed by atoms with Crippen molar-refractivity contribution >= 4 is 38.9 Å². The van der Waals surface area contributed by atoms with Gasteiger partial charge in [-0.05, 0) is 83.9 Å². The van der Waals surface area contributed by atoms with Gasteiger partial charge in [0.25, 0.3) is 0 Å². The quantitative estimate of drug-likeness (QED) is 0.156. The molecule has 0 aliphatic rings. The zero-order valence-corrected chi connectivity index (χ0v) is 31.4. The minimum atomic E-state index is 0.552. The molecule has 0 spiro atoms. The summed E-state index contributed by atoms with van der Waals surface area (Å²) in [7, 11) is 0. The maximum Gasteiger partial charge on any atom is 0.160 e. The lowest BCUT2D eigenvalue weighted by molar-refractivity contribution is 1.18. The second-order valence-electron chi connectivity index (χ2n) is 14.2. The van der Waals surface area contributed by atoms with Gasteiger partial charge in [-0.15, -0.1) is 0 Å². The van der Waals surface area contributed by atoms with Gasteiger partial charge in [-0.2, -0.15) is 5.26 Å². The van der Waals surface area contributed by atoms with Crippen LogP contribution in [0, 0.1) is 11.3 Å². The summed E-state index contributed by atoms with van der Waals surface area (Å²) >= 11 is 0. The van der Waals surface area contributed by atoms with E-state index in [1.807, 2.05) is 78.9 Å². The Labute approximate surface area is 337 Å². The van der Waals surface area contributed by atoms with Crippen LogP contribution in [0.3, 0.4) is 0 Å². The molecule has 0 bridgehead atoms. The summed E-state index contributed by atoms with van der Waals surface area (Å²) in [4.78, 5) is 12.2. The van der Waals surface area contributed by atoms with Crippen LogP contribution >= 0.6 is 0 Å². The molecule has 0 saturated heterocycles. The smallest absolute Gasteiger partial charge is 0.160 e. The lowest BCUT2D eigenvalue weighted by atomic mass is 9.97. The van der Waals surface area contributed by atoms with Gasteiger partial charge in [0.2, 0.25) is 0 Å². The van der Waals surface area contributed by atoms with Crippen LogP contribution in [0.15, 0.2) is 212 Å². The third-order valence-corrected chi connectivity index (χ3v) is 10.6. The first-order valence-electron chi connectivity index (χ1n) is 19.3. The molecule has 2 heterocycles. The fourth-order valence-corrected chi connectivity index (χ4v) is 7.88. The molecule has 0 radical (unpaired) electrons. The summed E-state index contributed by atoms with van der Waals surface area (Å²) in [5.41, 5.74) is 13.3. The number of benzene rings is 8. The number of anilines is 3. The number of hydrogen-bond acceptors (Lipinski definition) is 4. The highest BCUT2D eigenvalue weighted by Crippen LogP contribution is 2.40. The van der Waals surface area contributed by atoms with Crippen LogP contribution in [0.2, 0.25) is 0 Å². The van der Waals surface area contributed by atoms with Crippen molar-refractivity contribution in [3.63, 3.8) is 0 Å². The summed E-state index contributed by atoms with van der Waals surface area (Å²) in [6.07, 6.45) is 0. The Balaban J connectivity index is 1.02. The highest BCUT2D eigenvalue weighted by atomic mass is 15.1. The van der Waals surface area contributed by atoms with Crippen molar-refractivity contribution in [2.45, 2.75) is 0 Å². The Kier molecular flexibility index (Phi) is 8.83. The molecule has 8 aromatic carbocycles. The molecule has 0 saturated carbocycles. The van der Waals surface area contributed by atoms with Crippen molar-refractivity contribution in [1.29, 1.82) is 5.26 Å². The van der Waals surface area contributed by atoms with E-state index in [4.69, 9.17) is 9.97 Å². The Hall–Kier alpha value is -8.07. The van der Waals surface area contributed by atoms with E-state index in [0.29, 0.717) is 17.1 Å². The van der Waals surface area contributed by atoms with Gasteiger partial charge in [-0.1, -0.05) is 140 Å². The first-order valence-corrected chi connectivity index (χ1v) is 19.3. The van der Waals surface area contributed by atoms with Crippen molar-refractivity contribution in [3.8, 4) is 56.8 Å². The predicted molar refractivity (Wildman–Crippen MR) is 238 cm³/mol. The van der Waals surface area contributed by atoms with E-state index in [1.54, 1.807) is 0 Å². The van der Waals surface area contributed by atoms with E-state index in [0.717, 1.165) is 67.3 Å². The number of rotatable bonds is 8. The summed E-state index contributed by atoms with van der Waals surface area (Å²) < 4.78 is 2.33. The second-order valence-corrected chi connectivity index (χ2v) is 14.2. The van der Waals surface area contributed by atoms with Crippen molar-refractivity contribution in [1.82, 2.24) is 14.5 Å². The van der Waals surface area contributed by atoms with Crippen LogP contribution in [-0.2, 0) is 0 Å². The molecule has 0 fully saturated rings. The van der Waals surface area contributed by atoms with Gasteiger partial charge in [0.05, 0.1) is 34.1 Å². The minimum Gasteiger partial charge on any atom is -0.310 e. The average Bonchev–Trinajstić information content (AvgIpc) is 3.64. The van der Waals surface area contributed by atoms with Crippen molar-refractivity contribution < 1.29 is 0 Å². The summed E-state index contributed by atoms with van der Waals surface area (Å²) in [5, 5.41) is 12.8. The van der Waals surface area contributed by atoms with Gasteiger partial charge in [-0.25, -0.2) is 9.97 Å². The fraction of sp³-hybridized carbons (Fsp3) is 0. The minimum absolute atomic E-state index is 0.552. The molecule has 5 nitrogen and oxygen atoms in total. The van der Waals surface area contributed by atoms with E-state index in [-0.39, 0.29) is 0 Å². The lowest BCUT2D eigenvalue weighted by Crippen LogP contribution is -2.09. The van der Waals surface area contributed by atoms with Gasteiger partial charge in [0, 0.05) is 50.2 Å². The topological polar surface area (TPSA) is 57.7 Å². The molecule has 10 aromatic rings. The van der Waals surface area contributed by atoms with E-state index in [2.05, 4.69) is 149 Å². The largest absolute Gasteiger partial charge is 0.310 e. The second kappa shape index (κ2) is 14.9. The van der Waals surface area contributed by atoms with Crippen LogP contribution in [0.5, 0.6) is 0 Å². The summed E-state index contributed by atoms with van der Waals surface area (Å²) in [6.45, 7) is 0. The van der Waals surface area contributed by atoms with Crippen molar-refractivity contribution in [3.05, 3.63) is 218 Å². The molecule has 10 rings (SSSR count). The number of aromatic nitrogens is 3. The Morgan fingerprint density at radius 2 is 0.983 bits per heavy atom. The average molecular weight is 742 g/mol. The molecule has 2 aromatic heterocycles. The molecule has 272 valence electrons. The molecular formula is C53H35N5. The molecule has 0 N–H and O–H groups in total. The number of nitrogens with zero attached hydrogens (tertiary/aromatic N) is 5. The van der Waals surface area contributed by atoms with Gasteiger partial charge in [-0.3, -0.25) is 0 Å². The van der Waals surface area contributed by atoms with Crippen LogP contribution in [0.1, 0.15) is 5.56 Å². The summed E-state index contributed by atoms with van der Waals surface area (Å²) in [5.74, 6) is 0.617. The van der Waals surface area contributed by atoms with Crippen molar-refractivity contribution in [2.75, 3.05) is 4.90 Å². The normalized spacial score (nSPS) is 11.1. The predicted octanol–water partition coefficient (Wildman–Crippen LogP) is 13.6. The molecule has 5 heteroatoms. The highest BCUT2D eigenvalue weighted by molar-refractivity contribution is 6.10. The monoisotopic (exact) mass is 741 g/mol. The third-order valence-electron chi connectivity index (χ3n) is 10.6. The van der Waals surface area contributed by atoms with E-state index in [1.165, 1.54) is 10.8 Å². The lowest BCUT2D eigenvalue weighted by Gasteiger charge is -2.25. The van der Waals surface area contributed by atoms with Gasteiger partial charge in [0.15, 0.2) is 5.82 Å². The molecular weight excluding hydrogens is 707 g/mol. The SMILES string of the molecule is N#Cc1cc(-c2ccc(-n3c4ccccc4c4cc(N(c5ccccc5)c5ccccc5)ccc43)cc2)ccc1-c1cc(-c2ccccc2)nc(-c2ccccc2)n1. The third kappa shape index (κ3) is 6.35. The zero-order chi connectivity index (χ0) is 38.8. The Morgan fingerprint density at radius 1 is 0.414 bits per heavy atom. The standard InChI is InChI=1S/C53H35N5/c54-36-41-33-40(27-31-46(41)50-35-49(38-15-5-1-6-16-38)55-53(56-50)39-17-7-2-8-18-39)37-25-28-44(29-26-37)58-51-24-14-13-23-47(51)48-34-45(30-32-52(48)58)57(42-19-9-3-10-20-42)43-21-11-4-12-22-43/h1-35H. The van der Waals surface area contributed by atoms with Gasteiger partial charge >= 0.3 is 0 Å². The van der Waals surface area contributed by atoms with Gasteiger partial charge in [0.1, 0.15) is 0 Å². The molecule has 0 unspecified atom stereocenters. The van der Waals surface area contributed by atoms with E-state index in [9.17, 15) is 5.26 Å². The van der Waals surface area contributed by atoms with E-state index < -0.39 is 0 Å². The molecule has 58 heavy (non-hydrogen) atoms. The number of para-hydroxylation sites is 3. The zero-order valence-electron chi connectivity index (χ0n) is 31.4. The molecule has 0 amide bonds. The molecule has 0 aliphatic carbocycles. The van der Waals surface area contributed by atoms with Crippen LogP contribution in [-0.4, -0.2) is 14.5 Å². The van der Waals surface area contributed by atoms with Gasteiger partial charge < -0.3 is 9.47 Å². The van der Waals surface area contributed by atoms with E-state index >= 15 is 0 Å². The van der Waals surface area contributed by atoms with Crippen LogP contribution in [0.25, 0.3) is 72.5 Å². The maximum atomic E-state index is 10.5. The Bertz CT molecular complexity index is 3000. The summed E-state index contributed by atoms with van der Waals surface area (Å²) in [6, 6.07) is 75.5. The van der Waals surface area contributed by atoms with Crippen LogP contribution < -0.4 is 4.90 Å². The number of fused-ring (bicyclic) bond motifs is 3. The first kappa shape index (κ1) is 34.4. The van der Waals surface area contributed by atoms with Crippen molar-refractivity contribution in [2.24, 2.45) is 0 Å². The molecule has 0 aliphatic heterocycles. The number of hydrogen-bond donors (Lipinski definition) is 0. The first-order chi connectivity index (χ1) is 28.7. The maximum absolute atomic E-state index is 10.5. The van der Waals surface area contributed by atoms with Crippen LogP contribution in [0.4, 0.5) is 17.1 Å². The molecule has 0 atom stereocenters.